The lowest BCUT2D eigenvalue weighted by molar-refractivity contribution is 0.122. The molecule has 0 aliphatic carbocycles. The Hall–Kier alpha value is -1.13. The molecule has 19 heavy (non-hydrogen) atoms. The molecule has 0 spiro atoms. The zero-order chi connectivity index (χ0) is 13.7. The second kappa shape index (κ2) is 6.87. The number of rotatable bonds is 5. The molecule has 0 amide bonds. The molecule has 1 atom stereocenters. The Morgan fingerprint density at radius 2 is 2.26 bits per heavy atom. The van der Waals surface area contributed by atoms with Gasteiger partial charge >= 0.3 is 0 Å². The summed E-state index contributed by atoms with van der Waals surface area (Å²) < 4.78 is 5.86. The van der Waals surface area contributed by atoms with E-state index in [1.165, 1.54) is 31.4 Å². The summed E-state index contributed by atoms with van der Waals surface area (Å²) in [5, 5.41) is 3.15. The minimum atomic E-state index is 0.535. The second-order valence-electron chi connectivity index (χ2n) is 5.37. The summed E-state index contributed by atoms with van der Waals surface area (Å²) in [7, 11) is 4.13. The van der Waals surface area contributed by atoms with Gasteiger partial charge in [0.15, 0.2) is 0 Å². The van der Waals surface area contributed by atoms with Crippen LogP contribution in [0.25, 0.3) is 0 Å². The Morgan fingerprint density at radius 1 is 1.42 bits per heavy atom. The van der Waals surface area contributed by atoms with E-state index in [4.69, 9.17) is 4.74 Å². The Labute approximate surface area is 116 Å². The number of aryl methyl sites for hydroxylation is 1. The number of aromatic nitrogens is 1. The van der Waals surface area contributed by atoms with Gasteiger partial charge in [-0.25, -0.2) is 4.98 Å². The molecule has 106 valence electrons. The minimum Gasteiger partial charge on any atom is -0.476 e. The van der Waals surface area contributed by atoms with Crippen molar-refractivity contribution in [1.29, 1.82) is 0 Å². The number of nitrogens with zero attached hydrogens (tertiary/aromatic N) is 2. The maximum atomic E-state index is 5.86. The van der Waals surface area contributed by atoms with Crippen molar-refractivity contribution in [2.24, 2.45) is 0 Å². The van der Waals surface area contributed by atoms with Crippen LogP contribution in [0.2, 0.25) is 0 Å². The topological polar surface area (TPSA) is 37.4 Å². The molecule has 0 radical (unpaired) electrons. The highest BCUT2D eigenvalue weighted by molar-refractivity contribution is 5.24. The summed E-state index contributed by atoms with van der Waals surface area (Å²) in [6, 6.07) is 4.61. The molecule has 1 aromatic rings. The van der Waals surface area contributed by atoms with Crippen LogP contribution in [0.15, 0.2) is 12.1 Å². The van der Waals surface area contributed by atoms with E-state index in [0.717, 1.165) is 24.7 Å². The first kappa shape index (κ1) is 14.3. The van der Waals surface area contributed by atoms with Crippen molar-refractivity contribution in [3.8, 4) is 5.88 Å². The van der Waals surface area contributed by atoms with E-state index in [2.05, 4.69) is 28.3 Å². The van der Waals surface area contributed by atoms with E-state index >= 15 is 0 Å². The van der Waals surface area contributed by atoms with E-state index in [9.17, 15) is 0 Å². The van der Waals surface area contributed by atoms with E-state index in [1.54, 1.807) is 0 Å². The first-order valence-corrected chi connectivity index (χ1v) is 7.15. The molecule has 4 nitrogen and oxygen atoms in total. The van der Waals surface area contributed by atoms with Gasteiger partial charge in [0.2, 0.25) is 5.88 Å². The maximum Gasteiger partial charge on any atom is 0.213 e. The highest BCUT2D eigenvalue weighted by Gasteiger charge is 2.19. The number of hydrogen-bond donors (Lipinski definition) is 1. The monoisotopic (exact) mass is 263 g/mol. The van der Waals surface area contributed by atoms with Gasteiger partial charge in [0, 0.05) is 24.3 Å². The Kier molecular flexibility index (Phi) is 5.16. The van der Waals surface area contributed by atoms with Crippen molar-refractivity contribution in [2.45, 2.75) is 38.8 Å². The third-order valence-corrected chi connectivity index (χ3v) is 3.88. The SMILES string of the molecule is CNCc1ccc(OCC2CCCCN2C)nc1C. The standard InChI is InChI=1S/C15H25N3O/c1-12-13(10-16-2)7-8-15(17-12)19-11-14-6-4-5-9-18(14)3/h7-8,14,16H,4-6,9-11H2,1-3H3. The second-order valence-corrected chi connectivity index (χ2v) is 5.37. The summed E-state index contributed by atoms with van der Waals surface area (Å²) in [6.07, 6.45) is 3.85. The molecule has 1 saturated heterocycles. The largest absolute Gasteiger partial charge is 0.476 e. The van der Waals surface area contributed by atoms with Crippen molar-refractivity contribution < 1.29 is 4.74 Å². The Morgan fingerprint density at radius 3 is 2.95 bits per heavy atom. The van der Waals surface area contributed by atoms with Crippen LogP contribution in [0.5, 0.6) is 5.88 Å². The Balaban J connectivity index is 1.90. The Bertz CT molecular complexity index is 408. The lowest BCUT2D eigenvalue weighted by atomic mass is 10.0. The maximum absolute atomic E-state index is 5.86. The van der Waals surface area contributed by atoms with Gasteiger partial charge in [0.05, 0.1) is 0 Å². The summed E-state index contributed by atoms with van der Waals surface area (Å²) in [5.41, 5.74) is 2.27. The third-order valence-electron chi connectivity index (χ3n) is 3.88. The molecular weight excluding hydrogens is 238 g/mol. The quantitative estimate of drug-likeness (QED) is 0.881. The summed E-state index contributed by atoms with van der Waals surface area (Å²) >= 11 is 0. The fraction of sp³-hybridized carbons (Fsp3) is 0.667. The number of hydrogen-bond acceptors (Lipinski definition) is 4. The molecule has 1 aromatic heterocycles. The average molecular weight is 263 g/mol. The third kappa shape index (κ3) is 3.91. The van der Waals surface area contributed by atoms with Crippen LogP contribution in [0, 0.1) is 6.92 Å². The van der Waals surface area contributed by atoms with Gasteiger partial charge in [-0.15, -0.1) is 0 Å². The minimum absolute atomic E-state index is 0.535. The van der Waals surface area contributed by atoms with Crippen molar-refractivity contribution >= 4 is 0 Å². The summed E-state index contributed by atoms with van der Waals surface area (Å²) in [4.78, 5) is 6.92. The van der Waals surface area contributed by atoms with Crippen LogP contribution in [0.3, 0.4) is 0 Å². The van der Waals surface area contributed by atoms with Gasteiger partial charge in [-0.3, -0.25) is 0 Å². The van der Waals surface area contributed by atoms with Crippen molar-refractivity contribution in [1.82, 2.24) is 15.2 Å². The predicted molar refractivity (Wildman–Crippen MR) is 77.5 cm³/mol. The molecule has 1 unspecified atom stereocenters. The molecule has 1 aliphatic heterocycles. The molecule has 1 fully saturated rings. The van der Waals surface area contributed by atoms with Crippen LogP contribution in [-0.4, -0.2) is 43.2 Å². The van der Waals surface area contributed by atoms with Crippen LogP contribution in [0.1, 0.15) is 30.5 Å². The van der Waals surface area contributed by atoms with E-state index < -0.39 is 0 Å². The molecule has 2 heterocycles. The summed E-state index contributed by atoms with van der Waals surface area (Å²) in [5.74, 6) is 0.747. The van der Waals surface area contributed by atoms with E-state index in [-0.39, 0.29) is 0 Å². The number of ether oxygens (including phenoxy) is 1. The predicted octanol–water partition coefficient (Wildman–Crippen LogP) is 1.97. The van der Waals surface area contributed by atoms with Crippen LogP contribution < -0.4 is 10.1 Å². The molecule has 0 bridgehead atoms. The number of likely N-dealkylation sites (N-methyl/N-ethyl adjacent to an activating group) is 1. The van der Waals surface area contributed by atoms with Gasteiger partial charge in [0.1, 0.15) is 6.61 Å². The normalized spacial score (nSPS) is 20.5. The first-order chi connectivity index (χ1) is 9.20. The fourth-order valence-corrected chi connectivity index (χ4v) is 2.56. The van der Waals surface area contributed by atoms with Crippen LogP contribution >= 0.6 is 0 Å². The molecule has 1 N–H and O–H groups in total. The molecule has 0 aromatic carbocycles. The zero-order valence-corrected chi connectivity index (χ0v) is 12.3. The van der Waals surface area contributed by atoms with Crippen molar-refractivity contribution in [3.05, 3.63) is 23.4 Å². The van der Waals surface area contributed by atoms with Gasteiger partial charge in [-0.1, -0.05) is 12.5 Å². The molecular formula is C15H25N3O. The summed E-state index contributed by atoms with van der Waals surface area (Å²) in [6.45, 7) is 4.81. The van der Waals surface area contributed by atoms with Crippen molar-refractivity contribution in [2.75, 3.05) is 27.2 Å². The number of likely N-dealkylation sites (tertiary alicyclic amines) is 1. The van der Waals surface area contributed by atoms with Gasteiger partial charge < -0.3 is 15.0 Å². The van der Waals surface area contributed by atoms with Crippen LogP contribution in [-0.2, 0) is 6.54 Å². The van der Waals surface area contributed by atoms with Crippen molar-refractivity contribution in [3.63, 3.8) is 0 Å². The van der Waals surface area contributed by atoms with Gasteiger partial charge in [-0.05, 0) is 46.0 Å². The number of pyridine rings is 1. The van der Waals surface area contributed by atoms with Crippen LogP contribution in [0.4, 0.5) is 0 Å². The fourth-order valence-electron chi connectivity index (χ4n) is 2.56. The lowest BCUT2D eigenvalue weighted by Gasteiger charge is -2.32. The molecule has 1 aliphatic rings. The highest BCUT2D eigenvalue weighted by atomic mass is 16.5. The van der Waals surface area contributed by atoms with Gasteiger partial charge in [-0.2, -0.15) is 0 Å². The number of piperidine rings is 1. The smallest absolute Gasteiger partial charge is 0.213 e. The molecule has 4 heteroatoms. The molecule has 0 saturated carbocycles. The highest BCUT2D eigenvalue weighted by Crippen LogP contribution is 2.17. The lowest BCUT2D eigenvalue weighted by Crippen LogP contribution is -2.40. The van der Waals surface area contributed by atoms with Gasteiger partial charge in [0.25, 0.3) is 0 Å². The number of nitrogens with one attached hydrogen (secondary N) is 1. The first-order valence-electron chi connectivity index (χ1n) is 7.15. The van der Waals surface area contributed by atoms with E-state index in [1.807, 2.05) is 20.0 Å². The van der Waals surface area contributed by atoms with E-state index in [0.29, 0.717) is 6.04 Å². The average Bonchev–Trinajstić information content (AvgIpc) is 2.41. The zero-order valence-electron chi connectivity index (χ0n) is 12.3. The molecule has 2 rings (SSSR count).